The van der Waals surface area contributed by atoms with E-state index in [0.717, 1.165) is 48.6 Å². The summed E-state index contributed by atoms with van der Waals surface area (Å²) in [5.74, 6) is 0.0716. The second kappa shape index (κ2) is 7.24. The van der Waals surface area contributed by atoms with Crippen molar-refractivity contribution in [3.63, 3.8) is 0 Å². The van der Waals surface area contributed by atoms with E-state index in [1.807, 2.05) is 6.07 Å². The lowest BCUT2D eigenvalue weighted by molar-refractivity contribution is 0.245. The lowest BCUT2D eigenvalue weighted by Crippen LogP contribution is -2.46. The van der Waals surface area contributed by atoms with Crippen molar-refractivity contribution < 1.29 is 8.78 Å². The Bertz CT molecular complexity index is 1160. The van der Waals surface area contributed by atoms with Gasteiger partial charge in [-0.2, -0.15) is 0 Å². The zero-order valence-corrected chi connectivity index (χ0v) is 16.3. The van der Waals surface area contributed by atoms with Gasteiger partial charge in [-0.05, 0) is 30.3 Å². The maximum absolute atomic E-state index is 13.7. The molecule has 1 aliphatic heterocycles. The fourth-order valence-corrected chi connectivity index (χ4v) is 4.03. The van der Waals surface area contributed by atoms with Gasteiger partial charge in [0.15, 0.2) is 0 Å². The number of piperazine rings is 1. The average molecular weight is 414 g/mol. The van der Waals surface area contributed by atoms with Crippen LogP contribution in [0.1, 0.15) is 5.82 Å². The number of nitrogens with one attached hydrogen (secondary N) is 1. The van der Waals surface area contributed by atoms with Gasteiger partial charge in [-0.3, -0.25) is 9.88 Å². The Morgan fingerprint density at radius 1 is 1.00 bits per heavy atom. The monoisotopic (exact) mass is 413 g/mol. The Balaban J connectivity index is 1.30. The fourth-order valence-electron chi connectivity index (χ4n) is 3.87. The largest absolute Gasteiger partial charge is 0.368 e. The van der Waals surface area contributed by atoms with Gasteiger partial charge in [0.1, 0.15) is 17.5 Å². The molecule has 0 amide bonds. The van der Waals surface area contributed by atoms with E-state index in [0.29, 0.717) is 17.6 Å². The molecule has 0 unspecified atom stereocenters. The van der Waals surface area contributed by atoms with Crippen LogP contribution in [0.25, 0.3) is 21.9 Å². The van der Waals surface area contributed by atoms with Crippen LogP contribution in [0.2, 0.25) is 5.02 Å². The van der Waals surface area contributed by atoms with Crippen molar-refractivity contribution in [2.45, 2.75) is 6.54 Å². The number of rotatable bonds is 3. The second-order valence-electron chi connectivity index (χ2n) is 7.22. The number of fused-ring (bicyclic) bond motifs is 2. The summed E-state index contributed by atoms with van der Waals surface area (Å²) < 4.78 is 27.4. The molecule has 0 spiro atoms. The van der Waals surface area contributed by atoms with E-state index in [1.54, 1.807) is 18.3 Å². The Hall–Kier alpha value is -2.77. The molecule has 2 aromatic heterocycles. The Labute approximate surface area is 170 Å². The van der Waals surface area contributed by atoms with Gasteiger partial charge in [0.05, 0.1) is 28.1 Å². The normalized spacial score (nSPS) is 15.5. The van der Waals surface area contributed by atoms with Crippen LogP contribution in [-0.2, 0) is 6.54 Å². The van der Waals surface area contributed by atoms with Gasteiger partial charge in [-0.25, -0.2) is 13.8 Å². The molecule has 29 heavy (non-hydrogen) atoms. The first kappa shape index (κ1) is 18.3. The number of imidazole rings is 1. The Kier molecular flexibility index (Phi) is 4.56. The number of pyridine rings is 1. The van der Waals surface area contributed by atoms with Crippen LogP contribution in [-0.4, -0.2) is 46.0 Å². The zero-order chi connectivity index (χ0) is 20.0. The van der Waals surface area contributed by atoms with Gasteiger partial charge >= 0.3 is 0 Å². The van der Waals surface area contributed by atoms with Crippen molar-refractivity contribution in [2.75, 3.05) is 31.1 Å². The van der Waals surface area contributed by atoms with Gasteiger partial charge < -0.3 is 9.88 Å². The van der Waals surface area contributed by atoms with E-state index in [1.165, 1.54) is 18.2 Å². The molecule has 4 aromatic rings. The summed E-state index contributed by atoms with van der Waals surface area (Å²) in [6.07, 6.45) is 1.76. The molecule has 8 heteroatoms. The molecule has 5 rings (SSSR count). The molecule has 0 saturated carbocycles. The Morgan fingerprint density at radius 3 is 2.66 bits per heavy atom. The summed E-state index contributed by atoms with van der Waals surface area (Å²) >= 11 is 5.84. The highest BCUT2D eigenvalue weighted by atomic mass is 35.5. The number of anilines is 1. The van der Waals surface area contributed by atoms with Crippen molar-refractivity contribution in [2.24, 2.45) is 0 Å². The number of aromatic amines is 1. The topological polar surface area (TPSA) is 48.1 Å². The SMILES string of the molecule is Fc1ccc2nccc(N3CCN(Cc4nc5cc(Cl)c(F)cc5[nH]4)CC3)c2c1. The minimum Gasteiger partial charge on any atom is -0.368 e. The number of aromatic nitrogens is 3. The van der Waals surface area contributed by atoms with Crippen LogP contribution in [0, 0.1) is 11.6 Å². The highest BCUT2D eigenvalue weighted by Crippen LogP contribution is 2.27. The van der Waals surface area contributed by atoms with Crippen LogP contribution < -0.4 is 4.90 Å². The number of hydrogen-bond donors (Lipinski definition) is 1. The van der Waals surface area contributed by atoms with Gasteiger partial charge in [0.25, 0.3) is 0 Å². The van der Waals surface area contributed by atoms with Gasteiger partial charge in [0, 0.05) is 49.5 Å². The van der Waals surface area contributed by atoms with Gasteiger partial charge in [0.2, 0.25) is 0 Å². The van der Waals surface area contributed by atoms with E-state index in [9.17, 15) is 8.78 Å². The van der Waals surface area contributed by atoms with Crippen LogP contribution in [0.4, 0.5) is 14.5 Å². The van der Waals surface area contributed by atoms with E-state index in [2.05, 4.69) is 24.8 Å². The molecule has 0 bridgehead atoms. The van der Waals surface area contributed by atoms with Crippen molar-refractivity contribution in [1.82, 2.24) is 19.9 Å². The number of hydrogen-bond acceptors (Lipinski definition) is 4. The molecule has 2 aromatic carbocycles. The third-order valence-corrected chi connectivity index (χ3v) is 5.63. The van der Waals surface area contributed by atoms with E-state index in [4.69, 9.17) is 11.6 Å². The molecule has 3 heterocycles. The first-order valence-electron chi connectivity index (χ1n) is 9.42. The van der Waals surface area contributed by atoms with E-state index < -0.39 is 5.82 Å². The summed E-state index contributed by atoms with van der Waals surface area (Å²) in [5.41, 5.74) is 3.10. The number of H-pyrrole nitrogens is 1. The summed E-state index contributed by atoms with van der Waals surface area (Å²) in [6.45, 7) is 3.96. The van der Waals surface area contributed by atoms with Crippen molar-refractivity contribution in [3.8, 4) is 0 Å². The standard InChI is InChI=1S/C21H18ClF2N5/c22-15-10-18-19(11-16(15)24)27-21(26-18)12-28-5-7-29(8-6-28)20-3-4-25-17-2-1-13(23)9-14(17)20/h1-4,9-11H,5-8,12H2,(H,26,27). The zero-order valence-electron chi connectivity index (χ0n) is 15.5. The quantitative estimate of drug-likeness (QED) is 0.542. The molecular formula is C21H18ClF2N5. The molecule has 0 radical (unpaired) electrons. The summed E-state index contributed by atoms with van der Waals surface area (Å²) in [4.78, 5) is 16.6. The van der Waals surface area contributed by atoms with Crippen LogP contribution >= 0.6 is 11.6 Å². The predicted octanol–water partition coefficient (Wildman–Crippen LogP) is 4.36. The molecule has 5 nitrogen and oxygen atoms in total. The summed E-state index contributed by atoms with van der Waals surface area (Å²) in [5, 5.41) is 0.905. The van der Waals surface area contributed by atoms with Crippen molar-refractivity contribution in [3.05, 3.63) is 65.1 Å². The maximum Gasteiger partial charge on any atom is 0.144 e. The minimum absolute atomic E-state index is 0.0742. The first-order chi connectivity index (χ1) is 14.1. The molecule has 0 atom stereocenters. The summed E-state index contributed by atoms with van der Waals surface area (Å²) in [6, 6.07) is 9.54. The Morgan fingerprint density at radius 2 is 1.83 bits per heavy atom. The van der Waals surface area contributed by atoms with Crippen molar-refractivity contribution >= 4 is 39.2 Å². The smallest absolute Gasteiger partial charge is 0.144 e. The van der Waals surface area contributed by atoms with Gasteiger partial charge in [-0.15, -0.1) is 0 Å². The highest BCUT2D eigenvalue weighted by molar-refractivity contribution is 6.31. The molecular weight excluding hydrogens is 396 g/mol. The minimum atomic E-state index is -0.455. The first-order valence-corrected chi connectivity index (χ1v) is 9.80. The van der Waals surface area contributed by atoms with Crippen molar-refractivity contribution in [1.29, 1.82) is 0 Å². The highest BCUT2D eigenvalue weighted by Gasteiger charge is 2.20. The maximum atomic E-state index is 13.7. The lowest BCUT2D eigenvalue weighted by atomic mass is 10.1. The van der Waals surface area contributed by atoms with Gasteiger partial charge in [-0.1, -0.05) is 11.6 Å². The third-order valence-electron chi connectivity index (χ3n) is 5.34. The molecule has 1 saturated heterocycles. The number of nitrogens with zero attached hydrogens (tertiary/aromatic N) is 4. The third kappa shape index (κ3) is 3.52. The molecule has 1 N–H and O–H groups in total. The number of benzene rings is 2. The van der Waals surface area contributed by atoms with E-state index >= 15 is 0 Å². The number of halogens is 3. The molecule has 1 aliphatic rings. The van der Waals surface area contributed by atoms with E-state index in [-0.39, 0.29) is 10.8 Å². The average Bonchev–Trinajstić information content (AvgIpc) is 3.09. The molecule has 148 valence electrons. The second-order valence-corrected chi connectivity index (χ2v) is 7.63. The molecule has 1 fully saturated rings. The predicted molar refractivity (Wildman–Crippen MR) is 110 cm³/mol. The fraction of sp³-hybridized carbons (Fsp3) is 0.238. The lowest BCUT2D eigenvalue weighted by Gasteiger charge is -2.36. The van der Waals surface area contributed by atoms with Crippen LogP contribution in [0.5, 0.6) is 0 Å². The summed E-state index contributed by atoms with van der Waals surface area (Å²) in [7, 11) is 0. The van der Waals surface area contributed by atoms with Crippen LogP contribution in [0.3, 0.4) is 0 Å². The van der Waals surface area contributed by atoms with Crippen LogP contribution in [0.15, 0.2) is 42.6 Å². The molecule has 0 aliphatic carbocycles.